The molecule has 3 fully saturated rings. The van der Waals surface area contributed by atoms with E-state index >= 15 is 0 Å². The van der Waals surface area contributed by atoms with Crippen molar-refractivity contribution in [3.63, 3.8) is 0 Å². The zero-order valence-electron chi connectivity index (χ0n) is 24.4. The van der Waals surface area contributed by atoms with Crippen molar-refractivity contribution < 1.29 is 42.2 Å². The number of hydrogen-bond acceptors (Lipinski definition) is 9. The summed E-state index contributed by atoms with van der Waals surface area (Å²) in [4.78, 5) is 52.9. The van der Waals surface area contributed by atoms with Crippen LogP contribution < -0.4 is 10.5 Å². The molecule has 1 saturated heterocycles. The monoisotopic (exact) mass is 600 g/mol. The molecule has 14 heteroatoms. The molecule has 1 aliphatic heterocycles. The van der Waals surface area contributed by atoms with E-state index < -0.39 is 69.0 Å². The first-order valence-electron chi connectivity index (χ1n) is 14.1. The highest BCUT2D eigenvalue weighted by Gasteiger charge is 2.46. The van der Waals surface area contributed by atoms with Crippen LogP contribution in [-0.2, 0) is 33.9 Å². The molecule has 4 N–H and O–H groups in total. The van der Waals surface area contributed by atoms with Crippen LogP contribution in [0.5, 0.6) is 0 Å². The van der Waals surface area contributed by atoms with Gasteiger partial charge < -0.3 is 25.2 Å². The van der Waals surface area contributed by atoms with Crippen LogP contribution in [0.15, 0.2) is 12.2 Å². The summed E-state index contributed by atoms with van der Waals surface area (Å²) in [5, 5.41) is 9.65. The summed E-state index contributed by atoms with van der Waals surface area (Å²) in [6, 6.07) is -2.13. The van der Waals surface area contributed by atoms with Crippen LogP contribution in [0.25, 0.3) is 0 Å². The lowest BCUT2D eigenvalue weighted by atomic mass is 10.1. The van der Waals surface area contributed by atoms with Gasteiger partial charge in [-0.15, -0.1) is 0 Å². The molecule has 2 saturated carbocycles. The number of likely N-dealkylation sites (N-methyl/N-ethyl adjacent to an activating group) is 1. The van der Waals surface area contributed by atoms with Crippen LogP contribution in [0.4, 0.5) is 4.79 Å². The minimum absolute atomic E-state index is 0.00254. The van der Waals surface area contributed by atoms with Crippen molar-refractivity contribution in [2.24, 2.45) is 17.6 Å². The van der Waals surface area contributed by atoms with E-state index in [0.717, 1.165) is 4.90 Å². The highest BCUT2D eigenvalue weighted by atomic mass is 32.2. The van der Waals surface area contributed by atoms with E-state index in [4.69, 9.17) is 15.2 Å². The highest BCUT2D eigenvalue weighted by molar-refractivity contribution is 7.90. The predicted molar refractivity (Wildman–Crippen MR) is 149 cm³/mol. The number of hydrogen-bond donors (Lipinski definition) is 3. The number of amides is 4. The SMILES string of the molecule is C[C@@H](OCCC/C=C\[C@@H]1C[C@@H]1C(=O)NS(=O)(=O)C1CC1)[C@@H](C(=O)N1C[C@H](O)C[C@H]1C(N)=O)N(C)C(=O)OC(C)(C)C. The number of carbonyl (C=O) groups excluding carboxylic acids is 4. The van der Waals surface area contributed by atoms with Crippen molar-refractivity contribution in [1.29, 1.82) is 0 Å². The van der Waals surface area contributed by atoms with Crippen LogP contribution >= 0.6 is 0 Å². The molecule has 0 aromatic heterocycles. The average Bonchev–Trinajstić information content (AvgIpc) is 3.77. The first-order chi connectivity index (χ1) is 19.0. The number of allylic oxidation sites excluding steroid dienone is 2. The van der Waals surface area contributed by atoms with Crippen molar-refractivity contribution >= 4 is 33.8 Å². The van der Waals surface area contributed by atoms with Gasteiger partial charge in [0.05, 0.1) is 17.5 Å². The second-order valence-corrected chi connectivity index (χ2v) is 14.2. The number of aliphatic hydroxyl groups excluding tert-OH is 1. The Hall–Kier alpha value is -2.71. The Kier molecular flexibility index (Phi) is 10.5. The Morgan fingerprint density at radius 3 is 2.44 bits per heavy atom. The van der Waals surface area contributed by atoms with Crippen LogP contribution in [0, 0.1) is 11.8 Å². The molecule has 0 aromatic rings. The van der Waals surface area contributed by atoms with Crippen LogP contribution in [-0.4, -0.2) is 102 Å². The first-order valence-corrected chi connectivity index (χ1v) is 15.6. The number of sulfonamides is 1. The number of aliphatic hydroxyl groups is 1. The third kappa shape index (κ3) is 9.14. The lowest BCUT2D eigenvalue weighted by Gasteiger charge is -2.36. The molecular weight excluding hydrogens is 556 g/mol. The third-order valence-corrected chi connectivity index (χ3v) is 9.18. The fourth-order valence-electron chi connectivity index (χ4n) is 4.86. The van der Waals surface area contributed by atoms with Crippen molar-refractivity contribution in [2.45, 2.75) is 101 Å². The van der Waals surface area contributed by atoms with Crippen molar-refractivity contribution in [3.8, 4) is 0 Å². The maximum atomic E-state index is 13.6. The Labute approximate surface area is 241 Å². The zero-order chi connectivity index (χ0) is 30.7. The first kappa shape index (κ1) is 32.8. The number of nitrogens with one attached hydrogen (secondary N) is 1. The van der Waals surface area contributed by atoms with E-state index in [9.17, 15) is 32.7 Å². The molecule has 3 rings (SSSR count). The summed E-state index contributed by atoms with van der Waals surface area (Å²) in [5.74, 6) is -2.10. The Morgan fingerprint density at radius 1 is 1.20 bits per heavy atom. The van der Waals surface area contributed by atoms with Gasteiger partial charge in [-0.05, 0) is 65.7 Å². The second-order valence-electron chi connectivity index (χ2n) is 12.2. The molecular formula is C27H44N4O9S. The maximum absolute atomic E-state index is 13.6. The van der Waals surface area contributed by atoms with E-state index in [2.05, 4.69) is 4.72 Å². The maximum Gasteiger partial charge on any atom is 0.410 e. The van der Waals surface area contributed by atoms with E-state index in [1.54, 1.807) is 27.7 Å². The molecule has 0 spiro atoms. The van der Waals surface area contributed by atoms with Gasteiger partial charge in [-0.2, -0.15) is 0 Å². The Balaban J connectivity index is 1.52. The molecule has 13 nitrogen and oxygen atoms in total. The van der Waals surface area contributed by atoms with Crippen molar-refractivity contribution in [1.82, 2.24) is 14.5 Å². The summed E-state index contributed by atoms with van der Waals surface area (Å²) in [6.45, 7) is 6.93. The van der Waals surface area contributed by atoms with Crippen LogP contribution in [0.2, 0.25) is 0 Å². The quantitative estimate of drug-likeness (QED) is 0.202. The number of rotatable bonds is 13. The predicted octanol–water partition coefficient (Wildman–Crippen LogP) is 0.655. The summed E-state index contributed by atoms with van der Waals surface area (Å²) < 4.78 is 37.5. The van der Waals surface area contributed by atoms with Gasteiger partial charge >= 0.3 is 6.09 Å². The van der Waals surface area contributed by atoms with Crippen LogP contribution in [0.3, 0.4) is 0 Å². The van der Waals surface area contributed by atoms with Gasteiger partial charge in [0.2, 0.25) is 27.7 Å². The lowest BCUT2D eigenvalue weighted by Crippen LogP contribution is -2.58. The molecule has 3 aliphatic rings. The van der Waals surface area contributed by atoms with Gasteiger partial charge in [-0.1, -0.05) is 12.2 Å². The van der Waals surface area contributed by atoms with E-state index in [-0.39, 0.29) is 31.4 Å². The molecule has 1 heterocycles. The fourth-order valence-corrected chi connectivity index (χ4v) is 6.22. The molecule has 6 atom stereocenters. The second kappa shape index (κ2) is 13.1. The topological polar surface area (TPSA) is 186 Å². The molecule has 4 amide bonds. The van der Waals surface area contributed by atoms with Crippen molar-refractivity contribution in [3.05, 3.63) is 12.2 Å². The van der Waals surface area contributed by atoms with E-state index in [1.807, 2.05) is 12.2 Å². The molecule has 41 heavy (non-hydrogen) atoms. The molecule has 232 valence electrons. The highest BCUT2D eigenvalue weighted by Crippen LogP contribution is 2.40. The number of ether oxygens (including phenoxy) is 2. The number of β-amino-alcohol motifs (C(OH)–C–C–N with tert-alkyl or cyclic N) is 1. The summed E-state index contributed by atoms with van der Waals surface area (Å²) in [7, 11) is -2.12. The molecule has 0 unspecified atom stereocenters. The molecule has 0 bridgehead atoms. The smallest absolute Gasteiger partial charge is 0.410 e. The van der Waals surface area contributed by atoms with Gasteiger partial charge in [0.25, 0.3) is 0 Å². The lowest BCUT2D eigenvalue weighted by molar-refractivity contribution is -0.146. The Bertz CT molecular complexity index is 1130. The summed E-state index contributed by atoms with van der Waals surface area (Å²) in [5.41, 5.74) is 4.66. The molecule has 2 aliphatic carbocycles. The van der Waals surface area contributed by atoms with E-state index in [1.165, 1.54) is 11.9 Å². The minimum Gasteiger partial charge on any atom is -0.444 e. The van der Waals surface area contributed by atoms with Gasteiger partial charge in [0, 0.05) is 32.5 Å². The normalized spacial score (nSPS) is 26.0. The van der Waals surface area contributed by atoms with Gasteiger partial charge in [0.1, 0.15) is 17.7 Å². The van der Waals surface area contributed by atoms with E-state index in [0.29, 0.717) is 32.1 Å². The average molecular weight is 601 g/mol. The summed E-state index contributed by atoms with van der Waals surface area (Å²) in [6.07, 6.45) is 4.42. The van der Waals surface area contributed by atoms with Gasteiger partial charge in [-0.25, -0.2) is 13.2 Å². The third-order valence-electron chi connectivity index (χ3n) is 7.35. The number of nitrogens with two attached hydrogens (primary N) is 1. The number of unbranched alkanes of at least 4 members (excludes halogenated alkanes) is 1. The number of carbonyl (C=O) groups is 4. The standard InChI is InChI=1S/C27H44N4O9S/c1-16(39-12-8-6-7-9-17-13-20(17)24(34)29-41(37,38)19-10-11-19)22(30(5)26(36)40-27(2,3)4)25(35)31-15-18(32)14-21(31)23(28)33/h7,9,16-22,32H,6,8,10-15H2,1-5H3,(H2,28,33)(H,29,34)/b9-7-/t16-,17-,18-,20+,21+,22+/m1/s1. The number of primary amides is 1. The van der Waals surface area contributed by atoms with Crippen molar-refractivity contribution in [2.75, 3.05) is 20.2 Å². The van der Waals surface area contributed by atoms with Crippen LogP contribution in [0.1, 0.15) is 66.2 Å². The zero-order valence-corrected chi connectivity index (χ0v) is 25.3. The number of likely N-dealkylation sites (tertiary alicyclic amines) is 1. The molecule has 0 radical (unpaired) electrons. The summed E-state index contributed by atoms with van der Waals surface area (Å²) >= 11 is 0. The fraction of sp³-hybridized carbons (Fsp3) is 0.778. The minimum atomic E-state index is -3.54. The van der Waals surface area contributed by atoms with Gasteiger partial charge in [-0.3, -0.25) is 24.0 Å². The number of nitrogens with zero attached hydrogens (tertiary/aromatic N) is 2. The largest absolute Gasteiger partial charge is 0.444 e. The molecule has 0 aromatic carbocycles. The van der Waals surface area contributed by atoms with Gasteiger partial charge in [0.15, 0.2) is 0 Å². The Morgan fingerprint density at radius 2 is 1.85 bits per heavy atom.